The minimum absolute atomic E-state index is 0. The molecule has 118 valence electrons. The summed E-state index contributed by atoms with van der Waals surface area (Å²) in [6.07, 6.45) is 0. The van der Waals surface area contributed by atoms with Crippen molar-refractivity contribution in [2.24, 2.45) is 0 Å². The Hall–Kier alpha value is -1.76. The van der Waals surface area contributed by atoms with Crippen molar-refractivity contribution in [3.05, 3.63) is 23.8 Å². The lowest BCUT2D eigenvalue weighted by Gasteiger charge is -2.01. The van der Waals surface area contributed by atoms with Crippen LogP contribution in [0, 0.1) is 0 Å². The zero-order valence-electron chi connectivity index (χ0n) is 10.0. The zero-order valence-corrected chi connectivity index (χ0v) is 10.8. The topological polar surface area (TPSA) is 215 Å². The number of phenols is 1. The molecule has 0 spiro atoms. The minimum Gasteiger partial charge on any atom is -0.507 e. The summed E-state index contributed by atoms with van der Waals surface area (Å²) < 4.78 is 29.8. The van der Waals surface area contributed by atoms with Gasteiger partial charge in [-0.15, -0.1) is 0 Å². The monoisotopic (exact) mass is 316 g/mol. The molecule has 1 aromatic carbocycles. The smallest absolute Gasteiger partial charge is 0.339 e. The second kappa shape index (κ2) is 10.1. The van der Waals surface area contributed by atoms with Crippen LogP contribution in [0.2, 0.25) is 0 Å². The van der Waals surface area contributed by atoms with Gasteiger partial charge >= 0.3 is 5.97 Å². The van der Waals surface area contributed by atoms with Crippen LogP contribution in [0.1, 0.15) is 10.4 Å². The van der Waals surface area contributed by atoms with Gasteiger partial charge in [-0.2, -0.15) is 8.42 Å². The van der Waals surface area contributed by atoms with E-state index in [1.165, 1.54) is 0 Å². The Kier molecular flexibility index (Phi) is 11.8. The molecule has 0 aliphatic rings. The molecule has 0 amide bonds. The van der Waals surface area contributed by atoms with E-state index in [0.717, 1.165) is 12.1 Å². The number of carboxylic acid groups (broad SMARTS) is 1. The van der Waals surface area contributed by atoms with Crippen LogP contribution in [0.25, 0.3) is 0 Å². The summed E-state index contributed by atoms with van der Waals surface area (Å²) in [7, 11) is -4.45. The number of benzene rings is 1. The maximum absolute atomic E-state index is 10.6. The van der Waals surface area contributed by atoms with Crippen LogP contribution >= 0.6 is 0 Å². The van der Waals surface area contributed by atoms with Gasteiger partial charge in [-0.25, -0.2) is 4.79 Å². The normalized spacial score (nSPS) is 9.35. The molecule has 0 bridgehead atoms. The highest BCUT2D eigenvalue weighted by Gasteiger charge is 2.16. The number of carbonyl (C=O) groups is 1. The summed E-state index contributed by atoms with van der Waals surface area (Å²) in [6.45, 7) is -0.250. The lowest BCUT2D eigenvalue weighted by atomic mass is 10.2. The SMILES string of the molecule is O.O.O=C(O)c1cc(S(=O)(=O)O)ccc1O.OCCO. The molecule has 0 heterocycles. The van der Waals surface area contributed by atoms with Gasteiger partial charge in [-0.05, 0) is 18.2 Å². The van der Waals surface area contributed by atoms with Crippen molar-refractivity contribution >= 4 is 16.1 Å². The third-order valence-corrected chi connectivity index (χ3v) is 2.45. The molecule has 0 aliphatic heterocycles. The molecular formula is C9H16O10S. The van der Waals surface area contributed by atoms with E-state index in [4.69, 9.17) is 25.0 Å². The average molecular weight is 316 g/mol. The van der Waals surface area contributed by atoms with Gasteiger partial charge < -0.3 is 31.4 Å². The molecule has 1 aromatic rings. The Labute approximate surface area is 113 Å². The lowest BCUT2D eigenvalue weighted by molar-refractivity contribution is 0.0693. The molecule has 0 saturated carbocycles. The number of aromatic carboxylic acids is 1. The van der Waals surface area contributed by atoms with Crippen LogP contribution in [-0.4, -0.2) is 63.5 Å². The van der Waals surface area contributed by atoms with Crippen LogP contribution in [-0.2, 0) is 10.1 Å². The first-order valence-electron chi connectivity index (χ1n) is 4.49. The number of hydrogen-bond donors (Lipinski definition) is 5. The van der Waals surface area contributed by atoms with Gasteiger partial charge in [0.15, 0.2) is 0 Å². The van der Waals surface area contributed by atoms with Crippen molar-refractivity contribution in [2.45, 2.75) is 4.90 Å². The van der Waals surface area contributed by atoms with Gasteiger partial charge in [-0.1, -0.05) is 0 Å². The molecule has 0 unspecified atom stereocenters. The van der Waals surface area contributed by atoms with E-state index in [-0.39, 0.29) is 24.2 Å². The van der Waals surface area contributed by atoms with Crippen LogP contribution in [0.4, 0.5) is 0 Å². The Balaban J connectivity index is -0.000000429. The largest absolute Gasteiger partial charge is 0.507 e. The second-order valence-electron chi connectivity index (χ2n) is 2.91. The molecule has 11 heteroatoms. The summed E-state index contributed by atoms with van der Waals surface area (Å²) in [5.74, 6) is -2.04. The molecule has 0 fully saturated rings. The average Bonchev–Trinajstić information content (AvgIpc) is 2.28. The van der Waals surface area contributed by atoms with Crippen molar-refractivity contribution in [1.82, 2.24) is 0 Å². The predicted molar refractivity (Wildman–Crippen MR) is 66.3 cm³/mol. The van der Waals surface area contributed by atoms with Crippen molar-refractivity contribution in [2.75, 3.05) is 13.2 Å². The molecule has 0 atom stereocenters. The van der Waals surface area contributed by atoms with Gasteiger partial charge in [0.05, 0.1) is 18.1 Å². The summed E-state index contributed by atoms with van der Waals surface area (Å²) in [5, 5.41) is 32.8. The maximum Gasteiger partial charge on any atom is 0.339 e. The van der Waals surface area contributed by atoms with E-state index >= 15 is 0 Å². The van der Waals surface area contributed by atoms with Crippen LogP contribution < -0.4 is 0 Å². The molecule has 10 nitrogen and oxygen atoms in total. The summed E-state index contributed by atoms with van der Waals surface area (Å²) in [5.41, 5.74) is -0.583. The number of aliphatic hydroxyl groups is 2. The molecule has 0 saturated heterocycles. The maximum atomic E-state index is 10.6. The molecule has 0 aromatic heterocycles. The minimum atomic E-state index is -4.45. The van der Waals surface area contributed by atoms with Crippen molar-refractivity contribution in [3.63, 3.8) is 0 Å². The number of carboxylic acids is 1. The summed E-state index contributed by atoms with van der Waals surface area (Å²) in [4.78, 5) is 9.89. The fourth-order valence-corrected chi connectivity index (χ4v) is 1.35. The molecule has 1 rings (SSSR count). The first-order valence-corrected chi connectivity index (χ1v) is 5.93. The van der Waals surface area contributed by atoms with Crippen LogP contribution in [0.15, 0.2) is 23.1 Å². The zero-order chi connectivity index (χ0) is 14.3. The molecule has 9 N–H and O–H groups in total. The highest BCUT2D eigenvalue weighted by Crippen LogP contribution is 2.20. The fraction of sp³-hybridized carbons (Fsp3) is 0.222. The van der Waals surface area contributed by atoms with Gasteiger partial charge in [0.2, 0.25) is 0 Å². The van der Waals surface area contributed by atoms with Gasteiger partial charge in [0.25, 0.3) is 10.1 Å². The highest BCUT2D eigenvalue weighted by molar-refractivity contribution is 7.85. The number of aromatic hydroxyl groups is 1. The standard InChI is InChI=1S/C7H6O6S.C2H6O2.2H2O/c8-6-2-1-4(14(11,12)13)3-5(6)7(9)10;3-1-2-4;;/h1-3,8H,(H,9,10)(H,11,12,13);3-4H,1-2H2;2*1H2. The number of aliphatic hydroxyl groups excluding tert-OH is 2. The molecule has 20 heavy (non-hydrogen) atoms. The third kappa shape index (κ3) is 7.63. The molecular weight excluding hydrogens is 300 g/mol. The Bertz CT molecular complexity index is 507. The summed E-state index contributed by atoms with van der Waals surface area (Å²) in [6, 6.07) is 2.46. The lowest BCUT2D eigenvalue weighted by Crippen LogP contribution is -2.02. The molecule has 0 radical (unpaired) electrons. The highest BCUT2D eigenvalue weighted by atomic mass is 32.2. The quantitative estimate of drug-likeness (QED) is 0.379. The van der Waals surface area contributed by atoms with E-state index in [1.54, 1.807) is 0 Å². The summed E-state index contributed by atoms with van der Waals surface area (Å²) >= 11 is 0. The van der Waals surface area contributed by atoms with Crippen molar-refractivity contribution in [1.29, 1.82) is 0 Å². The molecule has 0 aliphatic carbocycles. The Morgan fingerprint density at radius 3 is 1.85 bits per heavy atom. The van der Waals surface area contributed by atoms with Gasteiger partial charge in [0, 0.05) is 0 Å². The number of hydrogen-bond acceptors (Lipinski definition) is 6. The number of rotatable bonds is 3. The van der Waals surface area contributed by atoms with Crippen LogP contribution in [0.3, 0.4) is 0 Å². The Morgan fingerprint density at radius 1 is 1.10 bits per heavy atom. The van der Waals surface area contributed by atoms with Gasteiger partial charge in [-0.3, -0.25) is 4.55 Å². The van der Waals surface area contributed by atoms with E-state index in [0.29, 0.717) is 6.07 Å². The van der Waals surface area contributed by atoms with E-state index < -0.39 is 32.3 Å². The van der Waals surface area contributed by atoms with Gasteiger partial charge in [0.1, 0.15) is 11.3 Å². The van der Waals surface area contributed by atoms with Crippen molar-refractivity contribution < 1.29 is 49.1 Å². The predicted octanol–water partition coefficient (Wildman–Crippen LogP) is -2.34. The first-order chi connectivity index (χ1) is 8.23. The Morgan fingerprint density at radius 2 is 1.55 bits per heavy atom. The second-order valence-corrected chi connectivity index (χ2v) is 4.33. The van der Waals surface area contributed by atoms with Crippen molar-refractivity contribution in [3.8, 4) is 5.75 Å². The van der Waals surface area contributed by atoms with Crippen LogP contribution in [0.5, 0.6) is 5.75 Å². The van der Waals surface area contributed by atoms with E-state index in [9.17, 15) is 13.2 Å². The van der Waals surface area contributed by atoms with E-state index in [1.807, 2.05) is 0 Å². The fourth-order valence-electron chi connectivity index (χ4n) is 0.847. The first kappa shape index (κ1) is 23.3. The van der Waals surface area contributed by atoms with E-state index in [2.05, 4.69) is 0 Å². The third-order valence-electron chi connectivity index (χ3n) is 1.60.